The largest absolute Gasteiger partial charge is 0.467 e. The highest BCUT2D eigenvalue weighted by molar-refractivity contribution is 5.97. The Morgan fingerprint density at radius 1 is 1.18 bits per heavy atom. The zero-order valence-electron chi connectivity index (χ0n) is 14.7. The molecule has 0 radical (unpaired) electrons. The topological polar surface area (TPSA) is 105 Å². The fourth-order valence-corrected chi connectivity index (χ4v) is 2.72. The minimum absolute atomic E-state index is 0.00205. The Morgan fingerprint density at radius 2 is 1.93 bits per heavy atom. The van der Waals surface area contributed by atoms with Crippen LogP contribution in [0.15, 0.2) is 36.4 Å². The van der Waals surface area contributed by atoms with Gasteiger partial charge in [0.2, 0.25) is 0 Å². The van der Waals surface area contributed by atoms with Crippen molar-refractivity contribution >= 4 is 17.4 Å². The number of carbonyl (C=O) groups excluding carboxylic acids is 2. The maximum absolute atomic E-state index is 12.9. The summed E-state index contributed by atoms with van der Waals surface area (Å²) in [5, 5.41) is 11.1. The number of ether oxygens (including phenoxy) is 3. The molecule has 0 aromatic heterocycles. The standard InChI is InChI=1S/C19H16FNO7/c20-15-3-1-12(2-4-15)17(22)5-6-18(23)27-10-14-8-16(21(24)25)7-13-9-26-11-28-19(13)14/h1-4,7-8H,5-6,9-11H2. The van der Waals surface area contributed by atoms with Gasteiger partial charge >= 0.3 is 5.97 Å². The van der Waals surface area contributed by atoms with Crippen molar-refractivity contribution in [2.75, 3.05) is 6.79 Å². The Morgan fingerprint density at radius 3 is 2.64 bits per heavy atom. The number of non-ortho nitro benzene ring substituents is 1. The molecule has 0 amide bonds. The first-order valence-electron chi connectivity index (χ1n) is 8.39. The summed E-state index contributed by atoms with van der Waals surface area (Å²) in [6.07, 6.45) is -0.265. The Balaban J connectivity index is 1.59. The Hall–Kier alpha value is -3.33. The first kappa shape index (κ1) is 19.4. The Kier molecular flexibility index (Phi) is 5.95. The number of esters is 1. The van der Waals surface area contributed by atoms with Gasteiger partial charge in [0.05, 0.1) is 18.0 Å². The van der Waals surface area contributed by atoms with Crippen molar-refractivity contribution in [2.24, 2.45) is 0 Å². The lowest BCUT2D eigenvalue weighted by Crippen LogP contribution is -2.15. The van der Waals surface area contributed by atoms with Gasteiger partial charge in [0.1, 0.15) is 18.2 Å². The lowest BCUT2D eigenvalue weighted by molar-refractivity contribution is -0.385. The molecular formula is C19H16FNO7. The van der Waals surface area contributed by atoms with Crippen LogP contribution in [0.2, 0.25) is 0 Å². The number of nitro groups is 1. The van der Waals surface area contributed by atoms with Gasteiger partial charge in [0, 0.05) is 35.2 Å². The molecule has 0 aliphatic carbocycles. The average molecular weight is 389 g/mol. The molecule has 1 heterocycles. The summed E-state index contributed by atoms with van der Waals surface area (Å²) >= 11 is 0. The fourth-order valence-electron chi connectivity index (χ4n) is 2.72. The summed E-state index contributed by atoms with van der Waals surface area (Å²) < 4.78 is 28.5. The predicted molar refractivity (Wildman–Crippen MR) is 93.1 cm³/mol. The third-order valence-electron chi connectivity index (χ3n) is 4.09. The summed E-state index contributed by atoms with van der Waals surface area (Å²) in [6, 6.07) is 7.65. The highest BCUT2D eigenvalue weighted by atomic mass is 19.1. The number of halogens is 1. The average Bonchev–Trinajstić information content (AvgIpc) is 2.70. The normalized spacial score (nSPS) is 12.6. The number of ketones is 1. The number of hydrogen-bond acceptors (Lipinski definition) is 7. The number of carbonyl (C=O) groups is 2. The first-order valence-corrected chi connectivity index (χ1v) is 8.39. The van der Waals surface area contributed by atoms with E-state index < -0.39 is 16.7 Å². The SMILES string of the molecule is O=C(CCC(=O)c1ccc(F)cc1)OCc1cc([N+](=O)[O-])cc2c1OCOC2. The van der Waals surface area contributed by atoms with Gasteiger partial charge in [-0.3, -0.25) is 19.7 Å². The summed E-state index contributed by atoms with van der Waals surface area (Å²) in [6.45, 7) is -0.0738. The summed E-state index contributed by atoms with van der Waals surface area (Å²) in [4.78, 5) is 34.5. The number of hydrogen-bond donors (Lipinski definition) is 0. The van der Waals surface area contributed by atoms with Gasteiger partial charge in [0.25, 0.3) is 5.69 Å². The molecule has 9 heteroatoms. The zero-order chi connectivity index (χ0) is 20.1. The molecule has 2 aromatic carbocycles. The predicted octanol–water partition coefficient (Wildman–Crippen LogP) is 3.31. The van der Waals surface area contributed by atoms with Crippen molar-refractivity contribution in [3.63, 3.8) is 0 Å². The maximum atomic E-state index is 12.9. The number of fused-ring (bicyclic) bond motifs is 1. The van der Waals surface area contributed by atoms with Gasteiger partial charge in [-0.1, -0.05) is 0 Å². The minimum Gasteiger partial charge on any atom is -0.467 e. The van der Waals surface area contributed by atoms with E-state index in [1.165, 1.54) is 36.4 Å². The lowest BCUT2D eigenvalue weighted by atomic mass is 10.1. The van der Waals surface area contributed by atoms with Crippen LogP contribution in [0.25, 0.3) is 0 Å². The monoisotopic (exact) mass is 389 g/mol. The summed E-state index contributed by atoms with van der Waals surface area (Å²) in [5.74, 6) is -1.01. The van der Waals surface area contributed by atoms with Crippen LogP contribution in [0.5, 0.6) is 5.75 Å². The molecule has 28 heavy (non-hydrogen) atoms. The van der Waals surface area contributed by atoms with Gasteiger partial charge in [-0.15, -0.1) is 0 Å². The molecule has 3 rings (SSSR count). The molecule has 0 N–H and O–H groups in total. The van der Waals surface area contributed by atoms with Crippen LogP contribution >= 0.6 is 0 Å². The highest BCUT2D eigenvalue weighted by Gasteiger charge is 2.22. The van der Waals surface area contributed by atoms with Crippen LogP contribution in [0.1, 0.15) is 34.3 Å². The molecule has 0 saturated heterocycles. The second kappa shape index (κ2) is 8.57. The van der Waals surface area contributed by atoms with E-state index in [2.05, 4.69) is 0 Å². The van der Waals surface area contributed by atoms with Crippen LogP contribution < -0.4 is 4.74 Å². The van der Waals surface area contributed by atoms with E-state index in [0.717, 1.165) is 0 Å². The zero-order valence-corrected chi connectivity index (χ0v) is 14.7. The van der Waals surface area contributed by atoms with Crippen molar-refractivity contribution in [3.8, 4) is 5.75 Å². The summed E-state index contributed by atoms with van der Waals surface area (Å²) in [7, 11) is 0. The van der Waals surface area contributed by atoms with Gasteiger partial charge in [-0.25, -0.2) is 4.39 Å². The van der Waals surface area contributed by atoms with Crippen molar-refractivity contribution in [1.29, 1.82) is 0 Å². The summed E-state index contributed by atoms with van der Waals surface area (Å²) in [5.41, 5.74) is 0.990. The third-order valence-corrected chi connectivity index (χ3v) is 4.09. The number of nitrogens with zero attached hydrogens (tertiary/aromatic N) is 1. The van der Waals surface area contributed by atoms with Crippen molar-refractivity contribution in [3.05, 3.63) is 69.0 Å². The van der Waals surface area contributed by atoms with Gasteiger partial charge < -0.3 is 14.2 Å². The second-order valence-corrected chi connectivity index (χ2v) is 6.05. The van der Waals surface area contributed by atoms with Gasteiger partial charge in [-0.05, 0) is 24.3 Å². The van der Waals surface area contributed by atoms with E-state index in [9.17, 15) is 24.1 Å². The van der Waals surface area contributed by atoms with Gasteiger partial charge in [0.15, 0.2) is 12.6 Å². The quantitative estimate of drug-likeness (QED) is 0.310. The highest BCUT2D eigenvalue weighted by Crippen LogP contribution is 2.33. The molecule has 0 fully saturated rings. The van der Waals surface area contributed by atoms with Crippen molar-refractivity contribution < 1.29 is 33.1 Å². The van der Waals surface area contributed by atoms with Crippen LogP contribution in [0.3, 0.4) is 0 Å². The second-order valence-electron chi connectivity index (χ2n) is 6.05. The fraction of sp³-hybridized carbons (Fsp3) is 0.263. The van der Waals surface area contributed by atoms with Crippen LogP contribution in [-0.4, -0.2) is 23.5 Å². The molecule has 0 atom stereocenters. The van der Waals surface area contributed by atoms with E-state index in [1.54, 1.807) is 0 Å². The van der Waals surface area contributed by atoms with E-state index in [1.807, 2.05) is 0 Å². The molecule has 146 valence electrons. The van der Waals surface area contributed by atoms with Crippen molar-refractivity contribution in [1.82, 2.24) is 0 Å². The van der Waals surface area contributed by atoms with Crippen LogP contribution in [0, 0.1) is 15.9 Å². The minimum atomic E-state index is -0.636. The molecule has 1 aliphatic heterocycles. The number of nitro benzene ring substituents is 1. The van der Waals surface area contributed by atoms with E-state index in [0.29, 0.717) is 22.4 Å². The molecule has 8 nitrogen and oxygen atoms in total. The van der Waals surface area contributed by atoms with Crippen LogP contribution in [0.4, 0.5) is 10.1 Å². The molecular weight excluding hydrogens is 373 g/mol. The molecule has 0 saturated carbocycles. The smallest absolute Gasteiger partial charge is 0.306 e. The number of Topliss-reactive ketones (excluding diaryl/α,β-unsaturated/α-hetero) is 1. The van der Waals surface area contributed by atoms with E-state index in [4.69, 9.17) is 14.2 Å². The Bertz CT molecular complexity index is 911. The molecule has 2 aromatic rings. The van der Waals surface area contributed by atoms with Crippen LogP contribution in [-0.2, 0) is 27.5 Å². The van der Waals surface area contributed by atoms with E-state index in [-0.39, 0.29) is 44.3 Å². The Labute approximate surface area is 159 Å². The molecule has 0 spiro atoms. The molecule has 0 unspecified atom stereocenters. The van der Waals surface area contributed by atoms with Gasteiger partial charge in [-0.2, -0.15) is 0 Å². The third kappa shape index (κ3) is 4.68. The number of benzene rings is 2. The first-order chi connectivity index (χ1) is 13.4. The molecule has 0 bridgehead atoms. The van der Waals surface area contributed by atoms with E-state index >= 15 is 0 Å². The number of rotatable bonds is 7. The maximum Gasteiger partial charge on any atom is 0.306 e. The lowest BCUT2D eigenvalue weighted by Gasteiger charge is -2.20. The van der Waals surface area contributed by atoms with Crippen molar-refractivity contribution in [2.45, 2.75) is 26.1 Å². The molecule has 1 aliphatic rings.